The van der Waals surface area contributed by atoms with Gasteiger partial charge in [-0.3, -0.25) is 0 Å². The van der Waals surface area contributed by atoms with E-state index in [1.807, 2.05) is 0 Å². The number of benzene rings is 2. The van der Waals surface area contributed by atoms with Gasteiger partial charge in [-0.2, -0.15) is 4.90 Å². The SMILES string of the molecule is CC(C)(C)OC(=O)N(C(=O)OC(C)(C)C)c1c(Nc2ccc(Br)cc2)ccc(F)c1Cl. The van der Waals surface area contributed by atoms with Crippen LogP contribution in [0.15, 0.2) is 40.9 Å². The highest BCUT2D eigenvalue weighted by Crippen LogP contribution is 2.39. The van der Waals surface area contributed by atoms with E-state index < -0.39 is 34.2 Å². The van der Waals surface area contributed by atoms with Gasteiger partial charge in [0.2, 0.25) is 0 Å². The highest BCUT2D eigenvalue weighted by molar-refractivity contribution is 9.10. The van der Waals surface area contributed by atoms with E-state index in [4.69, 9.17) is 21.1 Å². The van der Waals surface area contributed by atoms with Gasteiger partial charge < -0.3 is 14.8 Å². The van der Waals surface area contributed by atoms with Crippen LogP contribution in [0, 0.1) is 5.82 Å². The van der Waals surface area contributed by atoms with Crippen molar-refractivity contribution in [2.24, 2.45) is 0 Å². The Bertz CT molecular complexity index is 941. The Kier molecular flexibility index (Phi) is 7.60. The standard InChI is InChI=1S/C22H25BrClFN2O4/c1-21(2,3)30-19(28)27(20(29)31-22(4,5)6)18-16(12-11-15(25)17(18)24)26-14-9-7-13(23)8-10-14/h7-12,26H,1-6H3. The van der Waals surface area contributed by atoms with Gasteiger partial charge in [0.05, 0.1) is 5.69 Å². The van der Waals surface area contributed by atoms with Gasteiger partial charge in [-0.1, -0.05) is 27.5 Å². The number of ether oxygens (including phenoxy) is 2. The second kappa shape index (κ2) is 9.44. The molecule has 0 heterocycles. The van der Waals surface area contributed by atoms with E-state index in [9.17, 15) is 14.0 Å². The van der Waals surface area contributed by atoms with Crippen molar-refractivity contribution >= 4 is 56.8 Å². The Balaban J connectivity index is 2.62. The number of amides is 2. The topological polar surface area (TPSA) is 67.9 Å². The summed E-state index contributed by atoms with van der Waals surface area (Å²) in [5.74, 6) is -0.810. The Labute approximate surface area is 194 Å². The second-order valence-electron chi connectivity index (χ2n) is 8.69. The molecule has 0 atom stereocenters. The quantitative estimate of drug-likeness (QED) is 0.454. The van der Waals surface area contributed by atoms with Crippen LogP contribution in [0.3, 0.4) is 0 Å². The molecule has 0 aromatic heterocycles. The molecule has 0 unspecified atom stereocenters. The van der Waals surface area contributed by atoms with Crippen LogP contribution >= 0.6 is 27.5 Å². The number of hydrogen-bond acceptors (Lipinski definition) is 5. The average Bonchev–Trinajstić information content (AvgIpc) is 2.59. The summed E-state index contributed by atoms with van der Waals surface area (Å²) in [6.07, 6.45) is -2.10. The van der Waals surface area contributed by atoms with E-state index in [-0.39, 0.29) is 11.4 Å². The Morgan fingerprint density at radius 3 is 1.87 bits per heavy atom. The minimum absolute atomic E-state index is 0.213. The number of hydrogen-bond donors (Lipinski definition) is 1. The van der Waals surface area contributed by atoms with Gasteiger partial charge in [0.15, 0.2) is 0 Å². The van der Waals surface area contributed by atoms with Crippen molar-refractivity contribution < 1.29 is 23.5 Å². The minimum atomic E-state index is -1.05. The van der Waals surface area contributed by atoms with E-state index in [1.54, 1.807) is 65.8 Å². The number of halogens is 3. The zero-order chi connectivity index (χ0) is 23.6. The van der Waals surface area contributed by atoms with Crippen LogP contribution in [0.1, 0.15) is 41.5 Å². The molecule has 1 N–H and O–H groups in total. The average molecular weight is 516 g/mol. The molecule has 6 nitrogen and oxygen atoms in total. The summed E-state index contributed by atoms with van der Waals surface area (Å²) in [4.78, 5) is 26.6. The first-order chi connectivity index (χ1) is 14.2. The molecule has 0 bridgehead atoms. The normalized spacial score (nSPS) is 11.6. The molecule has 0 saturated carbocycles. The number of carbonyl (C=O) groups is 2. The molecule has 0 radical (unpaired) electrons. The van der Waals surface area contributed by atoms with E-state index in [2.05, 4.69) is 21.2 Å². The molecule has 2 rings (SSSR count). The largest absolute Gasteiger partial charge is 0.443 e. The van der Waals surface area contributed by atoms with Crippen molar-refractivity contribution in [2.75, 3.05) is 10.2 Å². The second-order valence-corrected chi connectivity index (χ2v) is 9.98. The van der Waals surface area contributed by atoms with Crippen molar-refractivity contribution in [2.45, 2.75) is 52.7 Å². The lowest BCUT2D eigenvalue weighted by Gasteiger charge is -2.30. The van der Waals surface area contributed by atoms with Crippen LogP contribution in [-0.4, -0.2) is 23.4 Å². The number of anilines is 3. The van der Waals surface area contributed by atoms with Gasteiger partial charge in [0.1, 0.15) is 27.7 Å². The van der Waals surface area contributed by atoms with Gasteiger partial charge in [-0.25, -0.2) is 14.0 Å². The lowest BCUT2D eigenvalue weighted by molar-refractivity contribution is 0.0431. The third-order valence-electron chi connectivity index (χ3n) is 3.57. The molecule has 168 valence electrons. The number of imide groups is 1. The predicted molar refractivity (Wildman–Crippen MR) is 124 cm³/mol. The summed E-state index contributed by atoms with van der Waals surface area (Å²) < 4.78 is 26.0. The van der Waals surface area contributed by atoms with Crippen LogP contribution < -0.4 is 10.2 Å². The number of nitrogens with one attached hydrogen (secondary N) is 1. The van der Waals surface area contributed by atoms with Crippen LogP contribution in [0.4, 0.5) is 31.0 Å². The fourth-order valence-corrected chi connectivity index (χ4v) is 2.93. The first-order valence-corrected chi connectivity index (χ1v) is 10.6. The fraction of sp³-hybridized carbons (Fsp3) is 0.364. The number of nitrogens with zero attached hydrogens (tertiary/aromatic N) is 1. The zero-order valence-electron chi connectivity index (χ0n) is 18.2. The van der Waals surface area contributed by atoms with Gasteiger partial charge in [0, 0.05) is 10.2 Å². The lowest BCUT2D eigenvalue weighted by atomic mass is 10.2. The van der Waals surface area contributed by atoms with Crippen LogP contribution in [0.2, 0.25) is 5.02 Å². The van der Waals surface area contributed by atoms with Crippen molar-refractivity contribution in [1.82, 2.24) is 0 Å². The monoisotopic (exact) mass is 514 g/mol. The maximum atomic E-state index is 14.4. The highest BCUT2D eigenvalue weighted by Gasteiger charge is 2.36. The molecular weight excluding hydrogens is 491 g/mol. The van der Waals surface area contributed by atoms with Crippen molar-refractivity contribution in [3.8, 4) is 0 Å². The summed E-state index contributed by atoms with van der Waals surface area (Å²) >= 11 is 9.59. The van der Waals surface area contributed by atoms with Crippen molar-refractivity contribution in [3.05, 3.63) is 51.7 Å². The smallest absolute Gasteiger partial charge is 0.424 e. The summed E-state index contributed by atoms with van der Waals surface area (Å²) in [5.41, 5.74) is -1.22. The van der Waals surface area contributed by atoms with Crippen molar-refractivity contribution in [1.29, 1.82) is 0 Å². The third kappa shape index (κ3) is 7.11. The van der Waals surface area contributed by atoms with E-state index >= 15 is 0 Å². The molecule has 0 saturated heterocycles. The Hall–Kier alpha value is -2.32. The molecule has 9 heteroatoms. The van der Waals surface area contributed by atoms with E-state index in [0.717, 1.165) is 10.5 Å². The van der Waals surface area contributed by atoms with Gasteiger partial charge >= 0.3 is 12.2 Å². The first-order valence-electron chi connectivity index (χ1n) is 9.44. The molecule has 31 heavy (non-hydrogen) atoms. The highest BCUT2D eigenvalue weighted by atomic mass is 79.9. The third-order valence-corrected chi connectivity index (χ3v) is 4.46. The Morgan fingerprint density at radius 2 is 1.42 bits per heavy atom. The van der Waals surface area contributed by atoms with Crippen LogP contribution in [0.5, 0.6) is 0 Å². The fourth-order valence-electron chi connectivity index (χ4n) is 2.42. The summed E-state index contributed by atoms with van der Waals surface area (Å²) in [6, 6.07) is 9.63. The van der Waals surface area contributed by atoms with Gasteiger partial charge in [0.25, 0.3) is 0 Å². The van der Waals surface area contributed by atoms with E-state index in [0.29, 0.717) is 10.6 Å². The van der Waals surface area contributed by atoms with E-state index in [1.165, 1.54) is 6.07 Å². The molecule has 2 amide bonds. The summed E-state index contributed by atoms with van der Waals surface area (Å²) in [6.45, 7) is 9.87. The molecule has 2 aromatic carbocycles. The molecule has 0 fully saturated rings. The maximum Gasteiger partial charge on any atom is 0.424 e. The molecule has 0 spiro atoms. The molecule has 0 aliphatic carbocycles. The number of carbonyl (C=O) groups excluding carboxylic acids is 2. The van der Waals surface area contributed by atoms with Crippen LogP contribution in [-0.2, 0) is 9.47 Å². The molecule has 2 aromatic rings. The maximum absolute atomic E-state index is 14.4. The number of rotatable bonds is 3. The van der Waals surface area contributed by atoms with Crippen molar-refractivity contribution in [3.63, 3.8) is 0 Å². The van der Waals surface area contributed by atoms with Crippen LogP contribution in [0.25, 0.3) is 0 Å². The summed E-state index contributed by atoms with van der Waals surface area (Å²) in [7, 11) is 0. The minimum Gasteiger partial charge on any atom is -0.443 e. The molecule has 0 aliphatic rings. The molecule has 0 aliphatic heterocycles. The van der Waals surface area contributed by atoms with Gasteiger partial charge in [-0.05, 0) is 77.9 Å². The lowest BCUT2D eigenvalue weighted by Crippen LogP contribution is -2.44. The molecular formula is C22H25BrClFN2O4. The first kappa shape index (κ1) is 24.9. The summed E-state index contributed by atoms with van der Waals surface area (Å²) in [5, 5.41) is 2.62. The Morgan fingerprint density at radius 1 is 0.935 bits per heavy atom. The predicted octanol–water partition coefficient (Wildman–Crippen LogP) is 7.66. The zero-order valence-corrected chi connectivity index (χ0v) is 20.5. The van der Waals surface area contributed by atoms with Gasteiger partial charge in [-0.15, -0.1) is 0 Å².